The zero-order valence-corrected chi connectivity index (χ0v) is 17.0. The molecule has 3 rings (SSSR count). The zero-order valence-electron chi connectivity index (χ0n) is 13.6. The monoisotopic (exact) mass is 478 g/mol. The van der Waals surface area contributed by atoms with Gasteiger partial charge in [-0.3, -0.25) is 0 Å². The minimum atomic E-state index is -4.31. The van der Waals surface area contributed by atoms with Crippen LogP contribution in [-0.4, -0.2) is 29.9 Å². The fourth-order valence-corrected chi connectivity index (χ4v) is 7.60. The number of hydrogen-bond acceptors (Lipinski definition) is 1. The van der Waals surface area contributed by atoms with E-state index in [-0.39, 0.29) is 29.9 Å². The zero-order chi connectivity index (χ0) is 17.9. The first-order valence-electron chi connectivity index (χ1n) is 7.98. The summed E-state index contributed by atoms with van der Waals surface area (Å²) in [6.45, 7) is 2.15. The number of para-hydroxylation sites is 1. The Bertz CT molecular complexity index is 855. The van der Waals surface area contributed by atoms with Gasteiger partial charge in [-0.15, -0.1) is 0 Å². The first-order valence-corrected chi connectivity index (χ1v) is 11.8. The third-order valence-corrected chi connectivity index (χ3v) is 8.78. The van der Waals surface area contributed by atoms with Gasteiger partial charge >= 0.3 is 157 Å². The summed E-state index contributed by atoms with van der Waals surface area (Å²) in [6, 6.07) is 13.5. The molecule has 0 saturated carbocycles. The molecule has 132 valence electrons. The van der Waals surface area contributed by atoms with Crippen molar-refractivity contribution in [3.63, 3.8) is 0 Å². The number of hydrogen-bond donors (Lipinski definition) is 0. The number of unbranched alkanes of at least 4 members (excludes halogenated alkanes) is 1. The van der Waals surface area contributed by atoms with Crippen LogP contribution in [0.3, 0.4) is 0 Å². The van der Waals surface area contributed by atoms with Gasteiger partial charge in [-0.25, -0.2) is 0 Å². The number of halogens is 3. The molecule has 25 heavy (non-hydrogen) atoms. The fraction of sp³-hybridized carbons (Fsp3) is 0.263. The topological polar surface area (TPSA) is 13.1 Å². The molecule has 0 radical (unpaired) electrons. The van der Waals surface area contributed by atoms with E-state index in [9.17, 15) is 13.2 Å². The predicted octanol–water partition coefficient (Wildman–Crippen LogP) is 3.65. The van der Waals surface area contributed by atoms with Gasteiger partial charge < -0.3 is 0 Å². The molecule has 0 atom stereocenters. The van der Waals surface area contributed by atoms with Gasteiger partial charge in [-0.05, 0) is 0 Å². The quantitative estimate of drug-likeness (QED) is 0.391. The molecule has 0 aliphatic heterocycles. The molecule has 0 aliphatic carbocycles. The molecule has 6 heteroatoms. The van der Waals surface area contributed by atoms with Crippen molar-refractivity contribution in [1.82, 2.24) is 0 Å². The molecular formula is C19H17F3OSe2. The van der Waals surface area contributed by atoms with Gasteiger partial charge in [0.2, 0.25) is 0 Å². The molecule has 0 fully saturated rings. The molecule has 0 N–H and O–H groups in total. The van der Waals surface area contributed by atoms with E-state index < -0.39 is 11.7 Å². The molecule has 0 bridgehead atoms. The van der Waals surface area contributed by atoms with Crippen LogP contribution < -0.4 is 13.6 Å². The SMILES string of the molecule is CCCC[Se]c1oc2ccccc2c1[Se]c1cccc(C(F)(F)F)c1. The molecule has 0 spiro atoms. The Morgan fingerprint density at radius 1 is 1.04 bits per heavy atom. The Hall–Kier alpha value is -1.19. The van der Waals surface area contributed by atoms with Gasteiger partial charge in [0.25, 0.3) is 0 Å². The Balaban J connectivity index is 1.95. The molecule has 1 aromatic heterocycles. The van der Waals surface area contributed by atoms with E-state index in [4.69, 9.17) is 4.42 Å². The molecule has 0 amide bonds. The van der Waals surface area contributed by atoms with Crippen LogP contribution in [0.15, 0.2) is 52.9 Å². The summed E-state index contributed by atoms with van der Waals surface area (Å²) in [5, 5.41) is 2.13. The van der Waals surface area contributed by atoms with Crippen LogP contribution in [0.25, 0.3) is 11.0 Å². The number of benzene rings is 2. The van der Waals surface area contributed by atoms with Crippen LogP contribution in [0.4, 0.5) is 13.2 Å². The van der Waals surface area contributed by atoms with Crippen molar-refractivity contribution in [2.24, 2.45) is 0 Å². The maximum atomic E-state index is 13.0. The number of furan rings is 1. The summed E-state index contributed by atoms with van der Waals surface area (Å²) < 4.78 is 47.8. The van der Waals surface area contributed by atoms with Crippen LogP contribution >= 0.6 is 0 Å². The van der Waals surface area contributed by atoms with Gasteiger partial charge in [-0.1, -0.05) is 0 Å². The molecule has 0 unspecified atom stereocenters. The van der Waals surface area contributed by atoms with E-state index in [0.717, 1.165) is 48.8 Å². The Morgan fingerprint density at radius 2 is 1.84 bits per heavy atom. The van der Waals surface area contributed by atoms with Crippen LogP contribution in [0, 0.1) is 0 Å². The summed E-state index contributed by atoms with van der Waals surface area (Å²) >= 11 is 0.00487. The molecular weight excluding hydrogens is 459 g/mol. The first-order chi connectivity index (χ1) is 12.0. The number of rotatable bonds is 6. The van der Waals surface area contributed by atoms with Crippen LogP contribution in [-0.2, 0) is 6.18 Å². The van der Waals surface area contributed by atoms with E-state index in [1.54, 1.807) is 6.07 Å². The average Bonchev–Trinajstić information content (AvgIpc) is 2.93. The van der Waals surface area contributed by atoms with E-state index in [2.05, 4.69) is 6.92 Å². The van der Waals surface area contributed by atoms with Crippen LogP contribution in [0.5, 0.6) is 0 Å². The first kappa shape index (κ1) is 18.6. The molecule has 0 aliphatic rings. The Morgan fingerprint density at radius 3 is 2.60 bits per heavy atom. The third-order valence-electron chi connectivity index (χ3n) is 3.63. The van der Waals surface area contributed by atoms with Crippen LogP contribution in [0.1, 0.15) is 25.3 Å². The maximum absolute atomic E-state index is 13.0. The summed E-state index contributed by atoms with van der Waals surface area (Å²) in [5.74, 6) is 0. The second-order valence-corrected chi connectivity index (χ2v) is 10.1. The third kappa shape index (κ3) is 4.51. The summed E-state index contributed by atoms with van der Waals surface area (Å²) in [7, 11) is 0. The minimum absolute atomic E-state index is 0.211. The molecule has 3 aromatic rings. The van der Waals surface area contributed by atoms with Crippen molar-refractivity contribution in [1.29, 1.82) is 0 Å². The molecule has 1 heterocycles. The summed E-state index contributed by atoms with van der Waals surface area (Å²) in [6.07, 6.45) is -2.03. The molecule has 2 aromatic carbocycles. The van der Waals surface area contributed by atoms with Gasteiger partial charge in [0.1, 0.15) is 0 Å². The number of fused-ring (bicyclic) bond motifs is 1. The van der Waals surface area contributed by atoms with Crippen molar-refractivity contribution in [2.75, 3.05) is 0 Å². The van der Waals surface area contributed by atoms with Crippen molar-refractivity contribution in [3.05, 3.63) is 54.1 Å². The van der Waals surface area contributed by atoms with Gasteiger partial charge in [-0.2, -0.15) is 0 Å². The summed E-state index contributed by atoms with van der Waals surface area (Å²) in [4.78, 5) is 0. The van der Waals surface area contributed by atoms with E-state index in [1.165, 1.54) is 12.1 Å². The second-order valence-electron chi connectivity index (χ2n) is 5.54. The molecule has 0 saturated heterocycles. The average molecular weight is 476 g/mol. The van der Waals surface area contributed by atoms with Crippen molar-refractivity contribution in [2.45, 2.75) is 31.3 Å². The predicted molar refractivity (Wildman–Crippen MR) is 97.8 cm³/mol. The van der Waals surface area contributed by atoms with E-state index in [0.29, 0.717) is 0 Å². The Labute approximate surface area is 157 Å². The van der Waals surface area contributed by atoms with Crippen molar-refractivity contribution >= 4 is 54.5 Å². The normalized spacial score (nSPS) is 12.0. The fourth-order valence-electron chi connectivity index (χ4n) is 2.35. The van der Waals surface area contributed by atoms with E-state index in [1.807, 2.05) is 24.3 Å². The standard InChI is InChI=1S/C19H17F3OSe2/c1-2-3-11-24-18-17(15-9-4-5-10-16(15)23-18)25-14-8-6-7-13(12-14)19(20,21)22/h4-10,12H,2-3,11H2,1H3. The Kier molecular flexibility index (Phi) is 5.96. The second kappa shape index (κ2) is 8.01. The van der Waals surface area contributed by atoms with Crippen molar-refractivity contribution < 1.29 is 17.6 Å². The number of alkyl halides is 3. The van der Waals surface area contributed by atoms with E-state index >= 15 is 0 Å². The van der Waals surface area contributed by atoms with Crippen molar-refractivity contribution in [3.8, 4) is 0 Å². The van der Waals surface area contributed by atoms with Gasteiger partial charge in [0.05, 0.1) is 0 Å². The van der Waals surface area contributed by atoms with Crippen LogP contribution in [0.2, 0.25) is 5.32 Å². The summed E-state index contributed by atoms with van der Waals surface area (Å²) in [5.41, 5.74) is 0.248. The van der Waals surface area contributed by atoms with Gasteiger partial charge in [0.15, 0.2) is 0 Å². The molecule has 1 nitrogen and oxygen atoms in total. The van der Waals surface area contributed by atoms with Gasteiger partial charge in [0, 0.05) is 0 Å².